The van der Waals surface area contributed by atoms with Crippen molar-refractivity contribution in [1.29, 1.82) is 0 Å². The molecule has 0 radical (unpaired) electrons. The van der Waals surface area contributed by atoms with Crippen LogP contribution in [-0.2, 0) is 6.42 Å². The molecule has 1 aromatic carbocycles. The van der Waals surface area contributed by atoms with E-state index < -0.39 is 0 Å². The molecule has 0 nitrogen and oxygen atoms in total. The third kappa shape index (κ3) is 1.67. The van der Waals surface area contributed by atoms with Crippen LogP contribution in [0.15, 0.2) is 30.3 Å². The predicted octanol–water partition coefficient (Wildman–Crippen LogP) is 3.82. The van der Waals surface area contributed by atoms with E-state index in [0.717, 1.165) is 0 Å². The molecule has 0 aliphatic heterocycles. The Morgan fingerprint density at radius 1 is 1.23 bits per heavy atom. The lowest BCUT2D eigenvalue weighted by atomic mass is 10.1. The lowest BCUT2D eigenvalue weighted by Gasteiger charge is -1.99. The SMILES string of the molecule is CCC/C=C1\CCc2ccccc21. The summed E-state index contributed by atoms with van der Waals surface area (Å²) in [5.74, 6) is 0. The topological polar surface area (TPSA) is 0 Å². The monoisotopic (exact) mass is 172 g/mol. The minimum absolute atomic E-state index is 1.23. The number of unbranched alkanes of at least 4 members (excludes halogenated alkanes) is 1. The van der Waals surface area contributed by atoms with Gasteiger partial charge in [-0.15, -0.1) is 0 Å². The van der Waals surface area contributed by atoms with Crippen LogP contribution in [-0.4, -0.2) is 0 Å². The summed E-state index contributed by atoms with van der Waals surface area (Å²) in [6, 6.07) is 8.79. The van der Waals surface area contributed by atoms with Gasteiger partial charge in [0.05, 0.1) is 0 Å². The number of aryl methyl sites for hydroxylation is 1. The number of hydrogen-bond acceptors (Lipinski definition) is 0. The fourth-order valence-corrected chi connectivity index (χ4v) is 1.99. The molecule has 0 unspecified atom stereocenters. The zero-order chi connectivity index (χ0) is 9.10. The van der Waals surface area contributed by atoms with Crippen molar-refractivity contribution in [3.8, 4) is 0 Å². The van der Waals surface area contributed by atoms with Gasteiger partial charge >= 0.3 is 0 Å². The van der Waals surface area contributed by atoms with Gasteiger partial charge in [0.1, 0.15) is 0 Å². The fourth-order valence-electron chi connectivity index (χ4n) is 1.99. The Labute approximate surface area is 80.3 Å². The number of hydrogen-bond donors (Lipinski definition) is 0. The van der Waals surface area contributed by atoms with Gasteiger partial charge in [-0.2, -0.15) is 0 Å². The van der Waals surface area contributed by atoms with E-state index in [1.165, 1.54) is 36.8 Å². The van der Waals surface area contributed by atoms with Gasteiger partial charge in [0.15, 0.2) is 0 Å². The van der Waals surface area contributed by atoms with Gasteiger partial charge in [0.2, 0.25) is 0 Å². The van der Waals surface area contributed by atoms with E-state index in [0.29, 0.717) is 0 Å². The molecule has 0 atom stereocenters. The summed E-state index contributed by atoms with van der Waals surface area (Å²) < 4.78 is 0. The minimum atomic E-state index is 1.23. The second kappa shape index (κ2) is 3.78. The first-order chi connectivity index (χ1) is 6.42. The third-order valence-electron chi connectivity index (χ3n) is 2.71. The maximum Gasteiger partial charge on any atom is -0.0195 e. The van der Waals surface area contributed by atoms with Gasteiger partial charge in [-0.3, -0.25) is 0 Å². The second-order valence-corrected chi connectivity index (χ2v) is 3.68. The van der Waals surface area contributed by atoms with Gasteiger partial charge in [-0.25, -0.2) is 0 Å². The summed E-state index contributed by atoms with van der Waals surface area (Å²) in [5, 5.41) is 0. The van der Waals surface area contributed by atoms with E-state index in [4.69, 9.17) is 0 Å². The van der Waals surface area contributed by atoms with Crippen LogP contribution in [0.2, 0.25) is 0 Å². The molecule has 1 aromatic rings. The average molecular weight is 172 g/mol. The molecule has 0 saturated heterocycles. The highest BCUT2D eigenvalue weighted by atomic mass is 14.2. The average Bonchev–Trinajstić information content (AvgIpc) is 2.58. The van der Waals surface area contributed by atoms with E-state index in [9.17, 15) is 0 Å². The van der Waals surface area contributed by atoms with E-state index in [1.807, 2.05) is 0 Å². The molecule has 0 fully saturated rings. The van der Waals surface area contributed by atoms with Crippen molar-refractivity contribution < 1.29 is 0 Å². The molecule has 0 amide bonds. The van der Waals surface area contributed by atoms with Gasteiger partial charge in [-0.1, -0.05) is 43.7 Å². The highest BCUT2D eigenvalue weighted by Crippen LogP contribution is 2.31. The molecular weight excluding hydrogens is 156 g/mol. The molecule has 0 heterocycles. The minimum Gasteiger partial charge on any atom is -0.0807 e. The molecule has 0 spiro atoms. The van der Waals surface area contributed by atoms with Crippen molar-refractivity contribution in [3.05, 3.63) is 41.5 Å². The molecule has 1 aliphatic rings. The summed E-state index contributed by atoms with van der Waals surface area (Å²) in [6.07, 6.45) is 7.38. The van der Waals surface area contributed by atoms with Crippen LogP contribution in [0.4, 0.5) is 0 Å². The zero-order valence-corrected chi connectivity index (χ0v) is 8.22. The van der Waals surface area contributed by atoms with Crippen molar-refractivity contribution >= 4 is 5.57 Å². The fraction of sp³-hybridized carbons (Fsp3) is 0.385. The lowest BCUT2D eigenvalue weighted by molar-refractivity contribution is 0.954. The van der Waals surface area contributed by atoms with Gasteiger partial charge in [-0.05, 0) is 36.0 Å². The van der Waals surface area contributed by atoms with Crippen LogP contribution >= 0.6 is 0 Å². The molecule has 0 heteroatoms. The maximum absolute atomic E-state index is 2.41. The van der Waals surface area contributed by atoms with Crippen LogP contribution < -0.4 is 0 Å². The zero-order valence-electron chi connectivity index (χ0n) is 8.22. The molecule has 68 valence electrons. The van der Waals surface area contributed by atoms with Crippen molar-refractivity contribution in [3.63, 3.8) is 0 Å². The Hall–Kier alpha value is -1.04. The van der Waals surface area contributed by atoms with E-state index in [-0.39, 0.29) is 0 Å². The number of rotatable bonds is 2. The summed E-state index contributed by atoms with van der Waals surface area (Å²) in [5.41, 5.74) is 4.60. The predicted molar refractivity (Wildman–Crippen MR) is 57.6 cm³/mol. The Balaban J connectivity index is 2.28. The standard InChI is InChI=1S/C13H16/c1-2-3-6-11-9-10-12-7-4-5-8-13(11)12/h4-8H,2-3,9-10H2,1H3/b11-6+. The van der Waals surface area contributed by atoms with Crippen LogP contribution in [0.25, 0.3) is 5.57 Å². The van der Waals surface area contributed by atoms with Gasteiger partial charge < -0.3 is 0 Å². The van der Waals surface area contributed by atoms with Crippen molar-refractivity contribution in [2.24, 2.45) is 0 Å². The molecule has 0 saturated carbocycles. The Morgan fingerprint density at radius 2 is 2.08 bits per heavy atom. The first-order valence-electron chi connectivity index (χ1n) is 5.19. The Kier molecular flexibility index (Phi) is 2.49. The van der Waals surface area contributed by atoms with E-state index in [2.05, 4.69) is 37.3 Å². The van der Waals surface area contributed by atoms with Crippen LogP contribution in [0.1, 0.15) is 37.3 Å². The first-order valence-corrected chi connectivity index (χ1v) is 5.19. The number of allylic oxidation sites excluding steroid dienone is 2. The summed E-state index contributed by atoms with van der Waals surface area (Å²) >= 11 is 0. The summed E-state index contributed by atoms with van der Waals surface area (Å²) in [7, 11) is 0. The van der Waals surface area contributed by atoms with E-state index >= 15 is 0 Å². The highest BCUT2D eigenvalue weighted by Gasteiger charge is 2.13. The maximum atomic E-state index is 2.41. The number of fused-ring (bicyclic) bond motifs is 1. The van der Waals surface area contributed by atoms with Crippen molar-refractivity contribution in [2.75, 3.05) is 0 Å². The molecule has 1 aliphatic carbocycles. The Morgan fingerprint density at radius 3 is 2.92 bits per heavy atom. The molecule has 0 aromatic heterocycles. The number of benzene rings is 1. The van der Waals surface area contributed by atoms with Crippen LogP contribution in [0, 0.1) is 0 Å². The Bertz CT molecular complexity index is 321. The molecule has 13 heavy (non-hydrogen) atoms. The normalized spacial score (nSPS) is 17.8. The molecular formula is C13H16. The largest absolute Gasteiger partial charge is 0.0807 e. The first kappa shape index (κ1) is 8.55. The second-order valence-electron chi connectivity index (χ2n) is 3.68. The van der Waals surface area contributed by atoms with E-state index in [1.54, 1.807) is 5.57 Å². The molecule has 2 rings (SSSR count). The van der Waals surface area contributed by atoms with Crippen molar-refractivity contribution in [1.82, 2.24) is 0 Å². The van der Waals surface area contributed by atoms with Crippen LogP contribution in [0.5, 0.6) is 0 Å². The van der Waals surface area contributed by atoms with Gasteiger partial charge in [0, 0.05) is 0 Å². The van der Waals surface area contributed by atoms with Crippen molar-refractivity contribution in [2.45, 2.75) is 32.6 Å². The summed E-state index contributed by atoms with van der Waals surface area (Å²) in [6.45, 7) is 2.23. The van der Waals surface area contributed by atoms with Gasteiger partial charge in [0.25, 0.3) is 0 Å². The highest BCUT2D eigenvalue weighted by molar-refractivity contribution is 5.72. The lowest BCUT2D eigenvalue weighted by Crippen LogP contribution is -1.78. The third-order valence-corrected chi connectivity index (χ3v) is 2.71. The molecule has 0 bridgehead atoms. The smallest absolute Gasteiger partial charge is 0.0195 e. The quantitative estimate of drug-likeness (QED) is 0.636. The molecule has 0 N–H and O–H groups in total. The summed E-state index contributed by atoms with van der Waals surface area (Å²) in [4.78, 5) is 0. The van der Waals surface area contributed by atoms with Crippen LogP contribution in [0.3, 0.4) is 0 Å².